The van der Waals surface area contributed by atoms with Crippen LogP contribution in [0.5, 0.6) is 5.75 Å². The fourth-order valence-electron chi connectivity index (χ4n) is 3.65. The molecule has 1 aliphatic rings. The quantitative estimate of drug-likeness (QED) is 0.837. The number of nitrogens with two attached hydrogens (primary N) is 1. The molecule has 0 aliphatic carbocycles. The van der Waals surface area contributed by atoms with Gasteiger partial charge in [-0.25, -0.2) is 4.79 Å². The zero-order valence-electron chi connectivity index (χ0n) is 15.9. The van der Waals surface area contributed by atoms with Crippen molar-refractivity contribution in [1.29, 1.82) is 0 Å². The third kappa shape index (κ3) is 3.54. The van der Waals surface area contributed by atoms with Crippen molar-refractivity contribution in [3.05, 3.63) is 29.5 Å². The molecule has 0 bridgehead atoms. The van der Waals surface area contributed by atoms with E-state index in [0.717, 1.165) is 19.4 Å². The number of aromatic carboxylic acids is 1. The Morgan fingerprint density at radius 2 is 2.15 bits per heavy atom. The Morgan fingerprint density at radius 1 is 1.41 bits per heavy atom. The van der Waals surface area contributed by atoms with E-state index in [4.69, 9.17) is 10.5 Å². The Labute approximate surface area is 158 Å². The lowest BCUT2D eigenvalue weighted by atomic mass is 10.1. The summed E-state index contributed by atoms with van der Waals surface area (Å²) < 4.78 is 6.01. The molecule has 7 heteroatoms. The van der Waals surface area contributed by atoms with Gasteiger partial charge in [-0.05, 0) is 31.9 Å². The highest BCUT2D eigenvalue weighted by atomic mass is 16.5. The number of nitrogens with zero attached hydrogens (tertiary/aromatic N) is 2. The molecule has 1 aromatic carbocycles. The maximum absolute atomic E-state index is 12.4. The van der Waals surface area contributed by atoms with Gasteiger partial charge >= 0.3 is 5.97 Å². The molecule has 1 atom stereocenters. The molecule has 3 rings (SSSR count). The molecule has 0 saturated carbocycles. The number of likely N-dealkylation sites (tertiary alicyclic amines) is 1. The second kappa shape index (κ2) is 7.42. The number of carboxylic acid groups (broad SMARTS) is 1. The van der Waals surface area contributed by atoms with Crippen molar-refractivity contribution in [2.24, 2.45) is 5.92 Å². The number of hydrogen-bond donors (Lipinski definition) is 2. The van der Waals surface area contributed by atoms with E-state index in [1.54, 1.807) is 25.1 Å². The van der Waals surface area contributed by atoms with Crippen LogP contribution >= 0.6 is 0 Å². The van der Waals surface area contributed by atoms with Crippen molar-refractivity contribution >= 4 is 28.5 Å². The fraction of sp³-hybridized carbons (Fsp3) is 0.450. The number of amides is 1. The highest BCUT2D eigenvalue weighted by Gasteiger charge is 2.30. The van der Waals surface area contributed by atoms with E-state index in [2.05, 4.69) is 4.98 Å². The van der Waals surface area contributed by atoms with Crippen LogP contribution in [-0.2, 0) is 4.79 Å². The SMILES string of the molecule is Cc1nc2cccc(OC[C@@H]3CCCN3C(=O)C(C)C)c2c(N)c1C(=O)O. The third-order valence-corrected chi connectivity index (χ3v) is 4.99. The number of pyridine rings is 1. The van der Waals surface area contributed by atoms with Crippen LogP contribution in [0.2, 0.25) is 0 Å². The van der Waals surface area contributed by atoms with Crippen LogP contribution in [0.3, 0.4) is 0 Å². The van der Waals surface area contributed by atoms with E-state index in [1.807, 2.05) is 18.7 Å². The zero-order chi connectivity index (χ0) is 19.7. The number of nitrogen functional groups attached to an aromatic ring is 1. The molecule has 1 aliphatic heterocycles. The largest absolute Gasteiger partial charge is 0.491 e. The Balaban J connectivity index is 1.90. The van der Waals surface area contributed by atoms with Crippen LogP contribution in [-0.4, -0.2) is 46.1 Å². The summed E-state index contributed by atoms with van der Waals surface area (Å²) in [7, 11) is 0. The minimum Gasteiger partial charge on any atom is -0.491 e. The van der Waals surface area contributed by atoms with Gasteiger partial charge in [-0.1, -0.05) is 19.9 Å². The van der Waals surface area contributed by atoms with Crippen LogP contribution < -0.4 is 10.5 Å². The van der Waals surface area contributed by atoms with Crippen molar-refractivity contribution in [2.75, 3.05) is 18.9 Å². The number of carbonyl (C=O) groups is 2. The Kier molecular flexibility index (Phi) is 5.21. The molecule has 0 radical (unpaired) electrons. The standard InChI is InChI=1S/C20H25N3O4/c1-11(2)19(24)23-9-5-6-13(23)10-27-15-8-4-7-14-17(15)18(21)16(20(25)26)12(3)22-14/h4,7-8,11,13H,5-6,9-10H2,1-3H3,(H2,21,22)(H,25,26)/t13-/m0/s1. The molecule has 7 nitrogen and oxygen atoms in total. The molecular weight excluding hydrogens is 346 g/mol. The maximum atomic E-state index is 12.4. The van der Waals surface area contributed by atoms with Gasteiger partial charge in [-0.3, -0.25) is 9.78 Å². The average molecular weight is 371 g/mol. The monoisotopic (exact) mass is 371 g/mol. The van der Waals surface area contributed by atoms with Gasteiger partial charge in [0.15, 0.2) is 0 Å². The second-order valence-corrected chi connectivity index (χ2v) is 7.23. The smallest absolute Gasteiger partial charge is 0.339 e. The second-order valence-electron chi connectivity index (χ2n) is 7.23. The lowest BCUT2D eigenvalue weighted by molar-refractivity contribution is -0.135. The first-order valence-electron chi connectivity index (χ1n) is 9.16. The fourth-order valence-corrected chi connectivity index (χ4v) is 3.65. The first-order valence-corrected chi connectivity index (χ1v) is 9.16. The van der Waals surface area contributed by atoms with Crippen LogP contribution in [0.4, 0.5) is 5.69 Å². The number of aromatic nitrogens is 1. The lowest BCUT2D eigenvalue weighted by Crippen LogP contribution is -2.41. The Morgan fingerprint density at radius 3 is 2.81 bits per heavy atom. The normalized spacial score (nSPS) is 16.9. The van der Waals surface area contributed by atoms with E-state index < -0.39 is 5.97 Å². The number of aryl methyl sites for hydroxylation is 1. The van der Waals surface area contributed by atoms with Gasteiger partial charge in [-0.2, -0.15) is 0 Å². The average Bonchev–Trinajstić information content (AvgIpc) is 3.06. The number of carbonyl (C=O) groups excluding carboxylic acids is 1. The first-order chi connectivity index (χ1) is 12.8. The van der Waals surface area contributed by atoms with Crippen LogP contribution in [0, 0.1) is 12.8 Å². The molecule has 2 heterocycles. The van der Waals surface area contributed by atoms with E-state index in [9.17, 15) is 14.7 Å². The number of hydrogen-bond acceptors (Lipinski definition) is 5. The van der Waals surface area contributed by atoms with Crippen molar-refractivity contribution in [3.63, 3.8) is 0 Å². The summed E-state index contributed by atoms with van der Waals surface area (Å²) in [4.78, 5) is 30.1. The van der Waals surface area contributed by atoms with Crippen molar-refractivity contribution in [3.8, 4) is 5.75 Å². The molecule has 27 heavy (non-hydrogen) atoms. The number of rotatable bonds is 5. The highest BCUT2D eigenvalue weighted by Crippen LogP contribution is 2.34. The molecule has 1 amide bonds. The van der Waals surface area contributed by atoms with Gasteiger partial charge in [-0.15, -0.1) is 0 Å². The van der Waals surface area contributed by atoms with Gasteiger partial charge in [0, 0.05) is 12.5 Å². The summed E-state index contributed by atoms with van der Waals surface area (Å²) in [5, 5.41) is 9.94. The lowest BCUT2D eigenvalue weighted by Gasteiger charge is -2.26. The van der Waals surface area contributed by atoms with Crippen molar-refractivity contribution in [2.45, 2.75) is 39.7 Å². The third-order valence-electron chi connectivity index (χ3n) is 4.99. The van der Waals surface area contributed by atoms with Crippen molar-refractivity contribution < 1.29 is 19.4 Å². The molecule has 1 fully saturated rings. The minimum absolute atomic E-state index is 0.00368. The Hall–Kier alpha value is -2.83. The summed E-state index contributed by atoms with van der Waals surface area (Å²) in [6, 6.07) is 5.34. The summed E-state index contributed by atoms with van der Waals surface area (Å²) >= 11 is 0. The molecule has 0 unspecified atom stereocenters. The minimum atomic E-state index is -1.11. The van der Waals surface area contributed by atoms with E-state index in [0.29, 0.717) is 29.0 Å². The summed E-state index contributed by atoms with van der Waals surface area (Å²) in [5.41, 5.74) is 7.27. The van der Waals surface area contributed by atoms with Crippen LogP contribution in [0.15, 0.2) is 18.2 Å². The van der Waals surface area contributed by atoms with E-state index >= 15 is 0 Å². The number of anilines is 1. The van der Waals surface area contributed by atoms with Gasteiger partial charge in [0.05, 0.1) is 28.3 Å². The summed E-state index contributed by atoms with van der Waals surface area (Å²) in [6.07, 6.45) is 1.84. The van der Waals surface area contributed by atoms with Crippen LogP contribution in [0.25, 0.3) is 10.9 Å². The van der Waals surface area contributed by atoms with E-state index in [-0.39, 0.29) is 29.1 Å². The van der Waals surface area contributed by atoms with Gasteiger partial charge in [0.2, 0.25) is 5.91 Å². The topological polar surface area (TPSA) is 106 Å². The predicted octanol–water partition coefficient (Wildman–Crippen LogP) is 2.85. The zero-order valence-corrected chi connectivity index (χ0v) is 15.9. The molecule has 3 N–H and O–H groups in total. The van der Waals surface area contributed by atoms with Gasteiger partial charge in [0.25, 0.3) is 0 Å². The molecule has 144 valence electrons. The van der Waals surface area contributed by atoms with Gasteiger partial charge in [0.1, 0.15) is 17.9 Å². The van der Waals surface area contributed by atoms with Gasteiger partial charge < -0.3 is 20.5 Å². The highest BCUT2D eigenvalue weighted by molar-refractivity contribution is 6.06. The first kappa shape index (κ1) is 18.9. The number of benzene rings is 1. The number of ether oxygens (including phenoxy) is 1. The molecule has 0 spiro atoms. The van der Waals surface area contributed by atoms with Crippen LogP contribution in [0.1, 0.15) is 42.7 Å². The number of fused-ring (bicyclic) bond motifs is 1. The molecule has 2 aromatic rings. The number of carboxylic acids is 1. The summed E-state index contributed by atoms with van der Waals surface area (Å²) in [6.45, 7) is 6.50. The predicted molar refractivity (Wildman–Crippen MR) is 103 cm³/mol. The Bertz CT molecular complexity index is 894. The molecule has 1 aromatic heterocycles. The summed E-state index contributed by atoms with van der Waals surface area (Å²) in [5.74, 6) is -0.546. The maximum Gasteiger partial charge on any atom is 0.339 e. The molecular formula is C20H25N3O4. The van der Waals surface area contributed by atoms with E-state index in [1.165, 1.54) is 0 Å². The molecule has 1 saturated heterocycles. The van der Waals surface area contributed by atoms with Crippen molar-refractivity contribution in [1.82, 2.24) is 9.88 Å².